The van der Waals surface area contributed by atoms with E-state index in [0.29, 0.717) is 11.5 Å². The van der Waals surface area contributed by atoms with Crippen LogP contribution in [-0.4, -0.2) is 24.4 Å². The maximum absolute atomic E-state index is 10.3. The van der Waals surface area contributed by atoms with Gasteiger partial charge in [0.1, 0.15) is 30.8 Å². The molecule has 2 aromatic rings. The van der Waals surface area contributed by atoms with Gasteiger partial charge in [-0.15, -0.1) is 0 Å². The van der Waals surface area contributed by atoms with E-state index in [0.717, 1.165) is 23.5 Å². The lowest BCUT2D eigenvalue weighted by Gasteiger charge is -2.22. The van der Waals surface area contributed by atoms with Gasteiger partial charge in [0.15, 0.2) is 0 Å². The van der Waals surface area contributed by atoms with Gasteiger partial charge in [0.2, 0.25) is 0 Å². The zero-order chi connectivity index (χ0) is 20.4. The summed E-state index contributed by atoms with van der Waals surface area (Å²) in [6.07, 6.45) is -0.772. The highest BCUT2D eigenvalue weighted by Gasteiger charge is 2.19. The number of rotatable bonds is 6. The SMILES string of the molecule is Cc1cc(Br)c(OCC(O)COc2c(Br)cc(C(C)(C)C)cc2Br)c(Br)c1. The summed E-state index contributed by atoms with van der Waals surface area (Å²) in [5.74, 6) is 1.33. The van der Waals surface area contributed by atoms with Crippen molar-refractivity contribution < 1.29 is 14.6 Å². The molecule has 2 aromatic carbocycles. The standard InChI is InChI=1S/C20H22Br4O3/c1-11-5-14(21)18(15(22)6-11)26-9-13(25)10-27-19-16(23)7-12(8-17(19)24)20(2,3)4/h5-8,13,25H,9-10H2,1-4H3. The van der Waals surface area contributed by atoms with Gasteiger partial charge in [0, 0.05) is 0 Å². The molecule has 3 nitrogen and oxygen atoms in total. The third kappa shape index (κ3) is 6.46. The van der Waals surface area contributed by atoms with E-state index in [-0.39, 0.29) is 18.6 Å². The summed E-state index contributed by atoms with van der Waals surface area (Å²) < 4.78 is 14.9. The van der Waals surface area contributed by atoms with Gasteiger partial charge in [-0.2, -0.15) is 0 Å². The van der Waals surface area contributed by atoms with Crippen LogP contribution in [0.2, 0.25) is 0 Å². The highest BCUT2D eigenvalue weighted by Crippen LogP contribution is 2.38. The number of aryl methyl sites for hydroxylation is 1. The average molecular weight is 630 g/mol. The van der Waals surface area contributed by atoms with Crippen LogP contribution in [0.4, 0.5) is 0 Å². The van der Waals surface area contributed by atoms with Crippen molar-refractivity contribution in [2.45, 2.75) is 39.2 Å². The fourth-order valence-corrected chi connectivity index (χ4v) is 5.42. The molecule has 7 heteroatoms. The summed E-state index contributed by atoms with van der Waals surface area (Å²) in [6, 6.07) is 8.02. The third-order valence-electron chi connectivity index (χ3n) is 3.85. The third-order valence-corrected chi connectivity index (χ3v) is 6.20. The van der Waals surface area contributed by atoms with Gasteiger partial charge in [-0.1, -0.05) is 20.8 Å². The Bertz CT molecular complexity index is 769. The Balaban J connectivity index is 1.99. The number of aliphatic hydroxyl groups is 1. The summed E-state index contributed by atoms with van der Waals surface area (Å²) in [7, 11) is 0. The summed E-state index contributed by atoms with van der Waals surface area (Å²) in [5, 5.41) is 10.3. The Labute approximate surface area is 194 Å². The van der Waals surface area contributed by atoms with Crippen LogP contribution in [0.15, 0.2) is 42.2 Å². The number of benzene rings is 2. The first kappa shape index (κ1) is 23.2. The molecule has 0 saturated heterocycles. The molecule has 0 radical (unpaired) electrons. The summed E-state index contributed by atoms with van der Waals surface area (Å²) in [4.78, 5) is 0. The molecule has 27 heavy (non-hydrogen) atoms. The predicted octanol–water partition coefficient (Wildman–Crippen LogP) is 7.16. The molecule has 0 amide bonds. The first-order chi connectivity index (χ1) is 12.5. The van der Waals surface area contributed by atoms with Gasteiger partial charge in [-0.25, -0.2) is 0 Å². The molecule has 0 saturated carbocycles. The van der Waals surface area contributed by atoms with Crippen molar-refractivity contribution in [3.8, 4) is 11.5 Å². The summed E-state index contributed by atoms with van der Waals surface area (Å²) >= 11 is 14.1. The average Bonchev–Trinajstić information content (AvgIpc) is 2.51. The molecule has 148 valence electrons. The lowest BCUT2D eigenvalue weighted by Crippen LogP contribution is -2.25. The Morgan fingerprint density at radius 2 is 1.19 bits per heavy atom. The van der Waals surface area contributed by atoms with Gasteiger partial charge in [0.05, 0.1) is 17.9 Å². The molecule has 0 aliphatic heterocycles. The van der Waals surface area contributed by atoms with Crippen molar-refractivity contribution in [1.82, 2.24) is 0 Å². The van der Waals surface area contributed by atoms with Crippen molar-refractivity contribution in [3.63, 3.8) is 0 Å². The van der Waals surface area contributed by atoms with E-state index < -0.39 is 6.10 Å². The van der Waals surface area contributed by atoms with E-state index in [1.165, 1.54) is 5.56 Å². The van der Waals surface area contributed by atoms with Crippen LogP contribution >= 0.6 is 63.7 Å². The largest absolute Gasteiger partial charge is 0.488 e. The Morgan fingerprint density at radius 3 is 1.56 bits per heavy atom. The molecule has 0 aliphatic rings. The molecular formula is C20H22Br4O3. The molecule has 0 spiro atoms. The number of hydrogen-bond acceptors (Lipinski definition) is 3. The van der Waals surface area contributed by atoms with Crippen molar-refractivity contribution in [2.24, 2.45) is 0 Å². The van der Waals surface area contributed by atoms with Gasteiger partial charge in [0.25, 0.3) is 0 Å². The molecule has 0 aliphatic carbocycles. The van der Waals surface area contributed by atoms with Gasteiger partial charge in [-0.05, 0) is 111 Å². The number of halogens is 4. The highest BCUT2D eigenvalue weighted by atomic mass is 79.9. The van der Waals surface area contributed by atoms with Crippen LogP contribution in [0.1, 0.15) is 31.9 Å². The Kier molecular flexibility index (Phi) is 8.26. The molecule has 0 heterocycles. The van der Waals surface area contributed by atoms with Gasteiger partial charge in [-0.3, -0.25) is 0 Å². The molecule has 0 bridgehead atoms. The van der Waals surface area contributed by atoms with Crippen LogP contribution in [0.3, 0.4) is 0 Å². The minimum Gasteiger partial charge on any atom is -0.488 e. The first-order valence-corrected chi connectivity index (χ1v) is 11.5. The Hall–Kier alpha value is -0.0800. The fourth-order valence-electron chi connectivity index (χ4n) is 2.36. The minimum absolute atomic E-state index is 0.0335. The maximum atomic E-state index is 10.3. The van der Waals surface area contributed by atoms with E-state index in [1.807, 2.05) is 31.2 Å². The zero-order valence-electron chi connectivity index (χ0n) is 15.6. The normalized spacial score (nSPS) is 12.8. The second-order valence-corrected chi connectivity index (χ2v) is 10.8. The number of ether oxygens (including phenoxy) is 2. The predicted molar refractivity (Wildman–Crippen MR) is 124 cm³/mol. The topological polar surface area (TPSA) is 38.7 Å². The molecule has 0 aromatic heterocycles. The number of aliphatic hydroxyl groups excluding tert-OH is 1. The van der Waals surface area contributed by atoms with Crippen LogP contribution in [0.5, 0.6) is 11.5 Å². The maximum Gasteiger partial charge on any atom is 0.147 e. The minimum atomic E-state index is -0.772. The van der Waals surface area contributed by atoms with Crippen LogP contribution < -0.4 is 9.47 Å². The second-order valence-electron chi connectivity index (χ2n) is 7.35. The van der Waals surface area contributed by atoms with E-state index >= 15 is 0 Å². The molecule has 1 atom stereocenters. The lowest BCUT2D eigenvalue weighted by atomic mass is 9.87. The van der Waals surface area contributed by atoms with Crippen LogP contribution in [0.25, 0.3) is 0 Å². The number of hydrogen-bond donors (Lipinski definition) is 1. The van der Waals surface area contributed by atoms with E-state index in [1.54, 1.807) is 0 Å². The zero-order valence-corrected chi connectivity index (χ0v) is 21.9. The van der Waals surface area contributed by atoms with Crippen LogP contribution in [0, 0.1) is 6.92 Å². The van der Waals surface area contributed by atoms with E-state index in [2.05, 4.69) is 84.5 Å². The van der Waals surface area contributed by atoms with Crippen molar-refractivity contribution in [3.05, 3.63) is 53.3 Å². The lowest BCUT2D eigenvalue weighted by molar-refractivity contribution is 0.0616. The highest BCUT2D eigenvalue weighted by molar-refractivity contribution is 9.11. The van der Waals surface area contributed by atoms with E-state index in [4.69, 9.17) is 9.47 Å². The molecule has 1 N–H and O–H groups in total. The second kappa shape index (κ2) is 9.61. The van der Waals surface area contributed by atoms with E-state index in [9.17, 15) is 5.11 Å². The monoisotopic (exact) mass is 626 g/mol. The quantitative estimate of drug-likeness (QED) is 0.369. The molecule has 0 fully saturated rings. The molecular weight excluding hydrogens is 608 g/mol. The summed E-state index contributed by atoms with van der Waals surface area (Å²) in [5.41, 5.74) is 2.33. The van der Waals surface area contributed by atoms with Crippen LogP contribution in [-0.2, 0) is 5.41 Å². The van der Waals surface area contributed by atoms with Gasteiger partial charge >= 0.3 is 0 Å². The smallest absolute Gasteiger partial charge is 0.147 e. The molecule has 2 rings (SSSR count). The molecule has 1 unspecified atom stereocenters. The van der Waals surface area contributed by atoms with Crippen molar-refractivity contribution >= 4 is 63.7 Å². The fraction of sp³-hybridized carbons (Fsp3) is 0.400. The van der Waals surface area contributed by atoms with Crippen molar-refractivity contribution in [1.29, 1.82) is 0 Å². The first-order valence-electron chi connectivity index (χ1n) is 8.38. The summed E-state index contributed by atoms with van der Waals surface area (Å²) in [6.45, 7) is 8.71. The van der Waals surface area contributed by atoms with Gasteiger partial charge < -0.3 is 14.6 Å². The van der Waals surface area contributed by atoms with Crippen molar-refractivity contribution in [2.75, 3.05) is 13.2 Å². The Morgan fingerprint density at radius 1 is 0.815 bits per heavy atom.